The van der Waals surface area contributed by atoms with Crippen LogP contribution in [0, 0.1) is 11.3 Å². The highest BCUT2D eigenvalue weighted by Crippen LogP contribution is 2.28. The third-order valence-electron chi connectivity index (χ3n) is 4.29. The molecule has 0 saturated carbocycles. The van der Waals surface area contributed by atoms with E-state index in [2.05, 4.69) is 5.10 Å². The highest BCUT2D eigenvalue weighted by Gasteiger charge is 2.36. The molecule has 25 heavy (non-hydrogen) atoms. The zero-order valence-electron chi connectivity index (χ0n) is 13.8. The Labute approximate surface area is 146 Å². The van der Waals surface area contributed by atoms with Gasteiger partial charge in [-0.15, -0.1) is 0 Å². The third kappa shape index (κ3) is 3.56. The molecule has 8 heteroatoms. The average molecular weight is 358 g/mol. The summed E-state index contributed by atoms with van der Waals surface area (Å²) in [5, 5.41) is 13.2. The van der Waals surface area contributed by atoms with Gasteiger partial charge in [-0.1, -0.05) is 6.07 Å². The minimum atomic E-state index is -3.22. The summed E-state index contributed by atoms with van der Waals surface area (Å²) in [7, 11) is -3.22. The van der Waals surface area contributed by atoms with Gasteiger partial charge < -0.3 is 4.90 Å². The van der Waals surface area contributed by atoms with Gasteiger partial charge in [-0.05, 0) is 25.1 Å². The van der Waals surface area contributed by atoms with E-state index in [9.17, 15) is 13.2 Å². The van der Waals surface area contributed by atoms with Gasteiger partial charge in [0.25, 0.3) is 5.91 Å². The predicted octanol–water partition coefficient (Wildman–Crippen LogP) is 1.39. The number of rotatable bonds is 3. The van der Waals surface area contributed by atoms with Crippen LogP contribution in [0.4, 0.5) is 0 Å². The van der Waals surface area contributed by atoms with E-state index in [0.29, 0.717) is 23.2 Å². The number of nitriles is 1. The molecule has 1 saturated heterocycles. The fourth-order valence-electron chi connectivity index (χ4n) is 2.94. The number of aryl methyl sites for hydroxylation is 1. The lowest BCUT2D eigenvalue weighted by atomic mass is 10.1. The molecule has 1 amide bonds. The van der Waals surface area contributed by atoms with Crippen LogP contribution in [0.1, 0.15) is 34.5 Å². The molecule has 1 atom stereocenters. The van der Waals surface area contributed by atoms with Crippen molar-refractivity contribution in [2.45, 2.75) is 19.5 Å². The van der Waals surface area contributed by atoms with Gasteiger partial charge in [0.15, 0.2) is 9.84 Å². The highest BCUT2D eigenvalue weighted by molar-refractivity contribution is 7.91. The van der Waals surface area contributed by atoms with Crippen LogP contribution < -0.4 is 0 Å². The second-order valence-electron chi connectivity index (χ2n) is 5.95. The average Bonchev–Trinajstić information content (AvgIpc) is 3.09. The molecule has 0 aliphatic carbocycles. The minimum absolute atomic E-state index is 0.0604. The maximum Gasteiger partial charge on any atom is 0.254 e. The fraction of sp³-hybridized carbons (Fsp3) is 0.353. The molecule has 1 aromatic carbocycles. The van der Waals surface area contributed by atoms with Gasteiger partial charge in [0, 0.05) is 30.4 Å². The lowest BCUT2D eigenvalue weighted by Crippen LogP contribution is -2.46. The van der Waals surface area contributed by atoms with E-state index in [1.165, 1.54) is 6.07 Å². The number of amides is 1. The molecule has 1 fully saturated rings. The lowest BCUT2D eigenvalue weighted by molar-refractivity contribution is 0.0697. The van der Waals surface area contributed by atoms with Crippen LogP contribution in [0.3, 0.4) is 0 Å². The smallest absolute Gasteiger partial charge is 0.254 e. The second-order valence-corrected chi connectivity index (χ2v) is 8.18. The summed E-state index contributed by atoms with van der Waals surface area (Å²) in [4.78, 5) is 14.5. The molecular formula is C17H18N4O3S. The van der Waals surface area contributed by atoms with E-state index in [1.54, 1.807) is 40.2 Å². The first kappa shape index (κ1) is 17.2. The predicted molar refractivity (Wildman–Crippen MR) is 91.5 cm³/mol. The largest absolute Gasteiger partial charge is 0.329 e. The Balaban J connectivity index is 1.96. The molecule has 3 rings (SSSR count). The lowest BCUT2D eigenvalue weighted by Gasteiger charge is -2.35. The summed E-state index contributed by atoms with van der Waals surface area (Å²) in [5.74, 6) is -0.456. The first-order chi connectivity index (χ1) is 11.9. The second kappa shape index (κ2) is 6.69. The van der Waals surface area contributed by atoms with Gasteiger partial charge in [0.2, 0.25) is 0 Å². The number of benzene rings is 1. The topological polar surface area (TPSA) is 96.1 Å². The van der Waals surface area contributed by atoms with Crippen molar-refractivity contribution in [1.82, 2.24) is 14.7 Å². The summed E-state index contributed by atoms with van der Waals surface area (Å²) in [6, 6.07) is 7.88. The van der Waals surface area contributed by atoms with Crippen molar-refractivity contribution in [3.05, 3.63) is 53.3 Å². The first-order valence-electron chi connectivity index (χ1n) is 7.97. The zero-order valence-corrected chi connectivity index (χ0v) is 14.6. The van der Waals surface area contributed by atoms with E-state index in [0.717, 1.165) is 0 Å². The third-order valence-corrected chi connectivity index (χ3v) is 5.92. The van der Waals surface area contributed by atoms with Gasteiger partial charge in [-0.3, -0.25) is 9.48 Å². The Morgan fingerprint density at radius 3 is 2.92 bits per heavy atom. The molecule has 0 radical (unpaired) electrons. The Hall–Kier alpha value is -2.66. The van der Waals surface area contributed by atoms with Gasteiger partial charge >= 0.3 is 0 Å². The monoisotopic (exact) mass is 358 g/mol. The minimum Gasteiger partial charge on any atom is -0.329 e. The van der Waals surface area contributed by atoms with Crippen LogP contribution in [0.15, 0.2) is 36.7 Å². The summed E-state index contributed by atoms with van der Waals surface area (Å²) in [6.45, 7) is 2.72. The fourth-order valence-corrected chi connectivity index (χ4v) is 4.43. The molecule has 0 unspecified atom stereocenters. The summed E-state index contributed by atoms with van der Waals surface area (Å²) >= 11 is 0. The molecule has 130 valence electrons. The number of nitrogens with zero attached hydrogens (tertiary/aromatic N) is 4. The Morgan fingerprint density at radius 1 is 1.44 bits per heavy atom. The molecule has 0 spiro atoms. The van der Waals surface area contributed by atoms with Gasteiger partial charge in [0.05, 0.1) is 35.4 Å². The standard InChI is InChI=1S/C17H18N4O3S/c1-2-20-11-15(10-19-20)16-12-25(23,24)7-6-21(16)17(22)14-5-3-4-13(8-14)9-18/h3-5,8,10-11,16H,2,6-7,12H2,1H3/t16-/m1/s1. The Bertz CT molecular complexity index is 943. The normalized spacial score (nSPS) is 19.4. The van der Waals surface area contributed by atoms with Crippen molar-refractivity contribution in [2.75, 3.05) is 18.1 Å². The molecule has 7 nitrogen and oxygen atoms in total. The molecule has 1 aliphatic rings. The zero-order chi connectivity index (χ0) is 18.0. The molecule has 0 N–H and O–H groups in total. The van der Waals surface area contributed by atoms with E-state index in [4.69, 9.17) is 5.26 Å². The van der Waals surface area contributed by atoms with Crippen LogP contribution >= 0.6 is 0 Å². The van der Waals surface area contributed by atoms with Crippen LogP contribution in [-0.4, -0.2) is 47.1 Å². The van der Waals surface area contributed by atoms with Gasteiger partial charge in [-0.25, -0.2) is 8.42 Å². The van der Waals surface area contributed by atoms with Crippen molar-refractivity contribution < 1.29 is 13.2 Å². The SMILES string of the molecule is CCn1cc([C@H]2CS(=O)(=O)CCN2C(=O)c2cccc(C#N)c2)cn1. The number of carbonyl (C=O) groups is 1. The van der Waals surface area contributed by atoms with Gasteiger partial charge in [0.1, 0.15) is 0 Å². The maximum absolute atomic E-state index is 12.9. The highest BCUT2D eigenvalue weighted by atomic mass is 32.2. The maximum atomic E-state index is 12.9. The van der Waals surface area contributed by atoms with Crippen LogP contribution in [-0.2, 0) is 16.4 Å². The van der Waals surface area contributed by atoms with Crippen molar-refractivity contribution in [2.24, 2.45) is 0 Å². The molecule has 1 aliphatic heterocycles. The molecule has 0 bridgehead atoms. The van der Waals surface area contributed by atoms with Gasteiger partial charge in [-0.2, -0.15) is 10.4 Å². The Kier molecular flexibility index (Phi) is 4.59. The number of aromatic nitrogens is 2. The van der Waals surface area contributed by atoms with E-state index in [1.807, 2.05) is 13.0 Å². The van der Waals surface area contributed by atoms with E-state index in [-0.39, 0.29) is 24.0 Å². The number of hydrogen-bond acceptors (Lipinski definition) is 5. The summed E-state index contributed by atoms with van der Waals surface area (Å²) < 4.78 is 25.9. The molecule has 2 heterocycles. The van der Waals surface area contributed by atoms with Crippen LogP contribution in [0.5, 0.6) is 0 Å². The quantitative estimate of drug-likeness (QED) is 0.826. The number of sulfone groups is 1. The van der Waals surface area contributed by atoms with E-state index < -0.39 is 15.9 Å². The van der Waals surface area contributed by atoms with E-state index >= 15 is 0 Å². The summed E-state index contributed by atoms with van der Waals surface area (Å²) in [5.41, 5.74) is 1.48. The molecular weight excluding hydrogens is 340 g/mol. The first-order valence-corrected chi connectivity index (χ1v) is 9.79. The van der Waals surface area contributed by atoms with Crippen molar-refractivity contribution in [3.63, 3.8) is 0 Å². The molecule has 2 aromatic rings. The van der Waals surface area contributed by atoms with Crippen molar-refractivity contribution >= 4 is 15.7 Å². The Morgan fingerprint density at radius 2 is 2.24 bits per heavy atom. The number of hydrogen-bond donors (Lipinski definition) is 0. The summed E-state index contributed by atoms with van der Waals surface area (Å²) in [6.07, 6.45) is 3.39. The van der Waals surface area contributed by atoms with Crippen molar-refractivity contribution in [3.8, 4) is 6.07 Å². The van der Waals surface area contributed by atoms with Crippen molar-refractivity contribution in [1.29, 1.82) is 5.26 Å². The van der Waals surface area contributed by atoms with Crippen LogP contribution in [0.25, 0.3) is 0 Å². The molecule has 1 aromatic heterocycles. The number of carbonyl (C=O) groups excluding carboxylic acids is 1. The van der Waals surface area contributed by atoms with Crippen LogP contribution in [0.2, 0.25) is 0 Å².